The molecule has 1 saturated heterocycles. The highest BCUT2D eigenvalue weighted by Gasteiger charge is 2.31. The van der Waals surface area contributed by atoms with Crippen LogP contribution in [0.25, 0.3) is 11.0 Å². The minimum Gasteiger partial charge on any atom is -0.479 e. The Kier molecular flexibility index (Phi) is 5.43. The third kappa shape index (κ3) is 4.00. The molecule has 2 aliphatic rings. The first-order chi connectivity index (χ1) is 15.6. The summed E-state index contributed by atoms with van der Waals surface area (Å²) in [6, 6.07) is 15.6. The fourth-order valence-electron chi connectivity index (χ4n) is 4.43. The summed E-state index contributed by atoms with van der Waals surface area (Å²) in [7, 11) is 0. The van der Waals surface area contributed by atoms with Crippen LogP contribution >= 0.6 is 0 Å². The lowest BCUT2D eigenvalue weighted by Gasteiger charge is -2.34. The van der Waals surface area contributed by atoms with E-state index in [-0.39, 0.29) is 24.3 Å². The number of benzene rings is 2. The van der Waals surface area contributed by atoms with Gasteiger partial charge in [-0.05, 0) is 44.0 Å². The van der Waals surface area contributed by atoms with Crippen molar-refractivity contribution in [3.8, 4) is 5.75 Å². The predicted octanol–water partition coefficient (Wildman–Crippen LogP) is 2.85. The molecular weight excluding hydrogens is 406 g/mol. The van der Waals surface area contributed by atoms with Crippen LogP contribution in [0.4, 0.5) is 11.6 Å². The minimum atomic E-state index is -0.546. The SMILES string of the molecule is C[C@@H]1Oc2ccccc2N(CCC(=O)NC2CCN(c3nc4ccccc4[nH]3)CC2)C1=O. The molecule has 0 bridgehead atoms. The number of carbonyl (C=O) groups excluding carboxylic acids is 2. The van der Waals surface area contributed by atoms with E-state index in [4.69, 9.17) is 4.74 Å². The maximum Gasteiger partial charge on any atom is 0.267 e. The summed E-state index contributed by atoms with van der Waals surface area (Å²) in [5.41, 5.74) is 2.72. The molecule has 0 saturated carbocycles. The molecule has 2 aromatic carbocycles. The van der Waals surface area contributed by atoms with Crippen molar-refractivity contribution in [2.45, 2.75) is 38.3 Å². The van der Waals surface area contributed by atoms with E-state index >= 15 is 0 Å². The number of carbonyl (C=O) groups is 2. The second-order valence-corrected chi connectivity index (χ2v) is 8.37. The lowest BCUT2D eigenvalue weighted by atomic mass is 10.1. The summed E-state index contributed by atoms with van der Waals surface area (Å²) in [6.45, 7) is 3.74. The van der Waals surface area contributed by atoms with Crippen LogP contribution in [0, 0.1) is 0 Å². The lowest BCUT2D eigenvalue weighted by molar-refractivity contribution is -0.125. The number of anilines is 2. The van der Waals surface area contributed by atoms with Gasteiger partial charge in [0.05, 0.1) is 16.7 Å². The van der Waals surface area contributed by atoms with Crippen molar-refractivity contribution in [2.24, 2.45) is 0 Å². The van der Waals surface area contributed by atoms with E-state index in [0.717, 1.165) is 48.6 Å². The fourth-order valence-corrected chi connectivity index (χ4v) is 4.43. The van der Waals surface area contributed by atoms with Gasteiger partial charge in [-0.15, -0.1) is 0 Å². The molecule has 3 aromatic rings. The standard InChI is InChI=1S/C24H27N5O3/c1-16-23(31)29(20-8-4-5-9-21(20)32-16)15-12-22(30)25-17-10-13-28(14-11-17)24-26-18-6-2-3-7-19(18)27-24/h2-9,16-17H,10-15H2,1H3,(H,25,30)(H,26,27)/t16-/m0/s1. The van der Waals surface area contributed by atoms with Gasteiger partial charge >= 0.3 is 0 Å². The molecule has 0 spiro atoms. The zero-order valence-electron chi connectivity index (χ0n) is 18.1. The summed E-state index contributed by atoms with van der Waals surface area (Å²) in [4.78, 5) is 37.1. The first kappa shape index (κ1) is 20.4. The van der Waals surface area contributed by atoms with Crippen LogP contribution < -0.4 is 19.9 Å². The van der Waals surface area contributed by atoms with E-state index in [1.54, 1.807) is 11.8 Å². The average molecular weight is 434 g/mol. The first-order valence-electron chi connectivity index (χ1n) is 11.1. The minimum absolute atomic E-state index is 0.0309. The average Bonchev–Trinajstić information content (AvgIpc) is 3.24. The Morgan fingerprint density at radius 1 is 1.16 bits per heavy atom. The van der Waals surface area contributed by atoms with Crippen LogP contribution in [0.15, 0.2) is 48.5 Å². The highest BCUT2D eigenvalue weighted by Crippen LogP contribution is 2.33. The first-order valence-corrected chi connectivity index (χ1v) is 11.1. The molecule has 2 N–H and O–H groups in total. The molecule has 8 nitrogen and oxygen atoms in total. The number of nitrogens with zero attached hydrogens (tertiary/aromatic N) is 3. The molecule has 1 atom stereocenters. The molecule has 0 unspecified atom stereocenters. The number of ether oxygens (including phenoxy) is 1. The number of fused-ring (bicyclic) bond motifs is 2. The number of piperidine rings is 1. The maximum atomic E-state index is 12.6. The number of aromatic amines is 1. The molecule has 2 aliphatic heterocycles. The molecule has 3 heterocycles. The van der Waals surface area contributed by atoms with E-state index in [1.807, 2.05) is 48.5 Å². The van der Waals surface area contributed by atoms with Crippen LogP contribution in [-0.4, -0.2) is 53.6 Å². The van der Waals surface area contributed by atoms with Gasteiger partial charge < -0.3 is 24.8 Å². The van der Waals surface area contributed by atoms with Crippen molar-refractivity contribution in [1.82, 2.24) is 15.3 Å². The van der Waals surface area contributed by atoms with Gasteiger partial charge in [-0.2, -0.15) is 0 Å². The Labute approximate surface area is 186 Å². The van der Waals surface area contributed by atoms with Gasteiger partial charge in [-0.3, -0.25) is 9.59 Å². The molecule has 32 heavy (non-hydrogen) atoms. The predicted molar refractivity (Wildman–Crippen MR) is 123 cm³/mol. The number of aromatic nitrogens is 2. The Morgan fingerprint density at radius 2 is 1.91 bits per heavy atom. The van der Waals surface area contributed by atoms with E-state index in [1.165, 1.54) is 0 Å². The van der Waals surface area contributed by atoms with Crippen molar-refractivity contribution >= 4 is 34.5 Å². The molecule has 2 amide bonds. The molecular formula is C24H27N5O3. The van der Waals surface area contributed by atoms with Crippen LogP contribution in [-0.2, 0) is 9.59 Å². The number of hydrogen-bond donors (Lipinski definition) is 2. The van der Waals surface area contributed by atoms with E-state index in [0.29, 0.717) is 12.3 Å². The summed E-state index contributed by atoms with van der Waals surface area (Å²) in [5.74, 6) is 1.42. The fraction of sp³-hybridized carbons (Fsp3) is 0.375. The number of amides is 2. The summed E-state index contributed by atoms with van der Waals surface area (Å²) in [5, 5.41) is 3.14. The van der Waals surface area contributed by atoms with Crippen LogP contribution in [0.5, 0.6) is 5.75 Å². The zero-order chi connectivity index (χ0) is 22.1. The van der Waals surface area contributed by atoms with Crippen molar-refractivity contribution in [3.63, 3.8) is 0 Å². The maximum absolute atomic E-state index is 12.6. The van der Waals surface area contributed by atoms with Gasteiger partial charge in [-0.25, -0.2) is 4.98 Å². The summed E-state index contributed by atoms with van der Waals surface area (Å²) >= 11 is 0. The summed E-state index contributed by atoms with van der Waals surface area (Å²) < 4.78 is 5.66. The van der Waals surface area contributed by atoms with Crippen LogP contribution in [0.2, 0.25) is 0 Å². The number of para-hydroxylation sites is 4. The molecule has 1 fully saturated rings. The number of hydrogen-bond acceptors (Lipinski definition) is 5. The van der Waals surface area contributed by atoms with Gasteiger partial charge in [0.25, 0.3) is 5.91 Å². The molecule has 5 rings (SSSR count). The quantitative estimate of drug-likeness (QED) is 0.646. The Bertz CT molecular complexity index is 1100. The monoisotopic (exact) mass is 433 g/mol. The van der Waals surface area contributed by atoms with Gasteiger partial charge in [0.15, 0.2) is 6.10 Å². The van der Waals surface area contributed by atoms with E-state index in [2.05, 4.69) is 20.2 Å². The van der Waals surface area contributed by atoms with Crippen molar-refractivity contribution in [2.75, 3.05) is 29.4 Å². The lowest BCUT2D eigenvalue weighted by Crippen LogP contribution is -2.47. The Hall–Kier alpha value is -3.55. The van der Waals surface area contributed by atoms with Gasteiger partial charge in [-0.1, -0.05) is 24.3 Å². The van der Waals surface area contributed by atoms with Gasteiger partial charge in [0.2, 0.25) is 11.9 Å². The largest absolute Gasteiger partial charge is 0.479 e. The summed E-state index contributed by atoms with van der Waals surface area (Å²) in [6.07, 6.45) is 1.44. The highest BCUT2D eigenvalue weighted by atomic mass is 16.5. The van der Waals surface area contributed by atoms with E-state index < -0.39 is 6.10 Å². The van der Waals surface area contributed by atoms with Crippen molar-refractivity contribution in [1.29, 1.82) is 0 Å². The number of rotatable bonds is 5. The molecule has 0 radical (unpaired) electrons. The second kappa shape index (κ2) is 8.53. The normalized spacial score (nSPS) is 19.0. The third-order valence-corrected chi connectivity index (χ3v) is 6.17. The van der Waals surface area contributed by atoms with Gasteiger partial charge in [0, 0.05) is 32.1 Å². The number of H-pyrrole nitrogens is 1. The topological polar surface area (TPSA) is 90.6 Å². The van der Waals surface area contributed by atoms with Crippen LogP contribution in [0.3, 0.4) is 0 Å². The molecule has 166 valence electrons. The van der Waals surface area contributed by atoms with Crippen molar-refractivity contribution in [3.05, 3.63) is 48.5 Å². The number of nitrogens with one attached hydrogen (secondary N) is 2. The third-order valence-electron chi connectivity index (χ3n) is 6.17. The Morgan fingerprint density at radius 3 is 2.72 bits per heavy atom. The molecule has 1 aromatic heterocycles. The second-order valence-electron chi connectivity index (χ2n) is 8.37. The van der Waals surface area contributed by atoms with Crippen LogP contribution in [0.1, 0.15) is 26.2 Å². The van der Waals surface area contributed by atoms with Gasteiger partial charge in [0.1, 0.15) is 5.75 Å². The number of imidazole rings is 1. The Balaban J connectivity index is 1.13. The zero-order valence-corrected chi connectivity index (χ0v) is 18.1. The highest BCUT2D eigenvalue weighted by molar-refractivity contribution is 6.00. The smallest absolute Gasteiger partial charge is 0.267 e. The van der Waals surface area contributed by atoms with Crippen molar-refractivity contribution < 1.29 is 14.3 Å². The molecule has 0 aliphatic carbocycles. The molecule has 8 heteroatoms. The van der Waals surface area contributed by atoms with E-state index in [9.17, 15) is 9.59 Å².